The maximum absolute atomic E-state index is 11.7. The van der Waals surface area contributed by atoms with Crippen LogP contribution in [0.25, 0.3) is 0 Å². The number of carbonyl (C=O) groups excluding carboxylic acids is 1. The van der Waals surface area contributed by atoms with Crippen molar-refractivity contribution >= 4 is 75.8 Å². The molecule has 0 saturated carbocycles. The molecule has 0 aromatic heterocycles. The van der Waals surface area contributed by atoms with Crippen LogP contribution in [-0.2, 0) is 22.7 Å². The number of ether oxygens (including phenoxy) is 2. The lowest BCUT2D eigenvalue weighted by Gasteiger charge is -2.11. The predicted octanol–water partition coefficient (Wildman–Crippen LogP) is 7.46. The number of rotatable bonds is 4. The van der Waals surface area contributed by atoms with Crippen molar-refractivity contribution < 1.29 is 14.3 Å². The Balaban J connectivity index is 1.96. The Kier molecular flexibility index (Phi) is 7.17. The van der Waals surface area contributed by atoms with E-state index in [-0.39, 0.29) is 33.3 Å². The quantitative estimate of drug-likeness (QED) is 0.455. The third kappa shape index (κ3) is 5.22. The molecule has 2 aromatic rings. The van der Waals surface area contributed by atoms with Crippen molar-refractivity contribution in [2.75, 3.05) is 0 Å². The molecule has 0 N–H and O–H groups in total. The standard InChI is InChI=1S/C15H8Cl6O3/c16-7-1-11(18)9(12(19)2-7)5-23-15(22)24-6-10-13(20)3-8(17)4-14(10)21/h1-4H,5-6H2. The Bertz CT molecular complexity index is 668. The molecule has 2 aromatic carbocycles. The zero-order valence-electron chi connectivity index (χ0n) is 11.7. The summed E-state index contributed by atoms with van der Waals surface area (Å²) in [5, 5.41) is 1.88. The van der Waals surface area contributed by atoms with E-state index in [1.165, 1.54) is 24.3 Å². The molecule has 9 heteroatoms. The highest BCUT2D eigenvalue weighted by molar-refractivity contribution is 6.40. The van der Waals surface area contributed by atoms with Gasteiger partial charge in [-0.3, -0.25) is 0 Å². The molecular formula is C15H8Cl6O3. The van der Waals surface area contributed by atoms with E-state index in [1.54, 1.807) is 0 Å². The minimum atomic E-state index is -0.931. The third-order valence-corrected chi connectivity index (χ3v) is 4.67. The Morgan fingerprint density at radius 2 is 0.958 bits per heavy atom. The Hall–Kier alpha value is -0.550. The van der Waals surface area contributed by atoms with Crippen LogP contribution >= 0.6 is 69.6 Å². The van der Waals surface area contributed by atoms with Crippen molar-refractivity contribution in [2.24, 2.45) is 0 Å². The first-order chi connectivity index (χ1) is 11.3. The molecule has 24 heavy (non-hydrogen) atoms. The average Bonchev–Trinajstić information content (AvgIpc) is 2.44. The van der Waals surface area contributed by atoms with Crippen LogP contribution in [0, 0.1) is 0 Å². The highest BCUT2D eigenvalue weighted by Gasteiger charge is 2.14. The van der Waals surface area contributed by atoms with E-state index >= 15 is 0 Å². The first-order valence-electron chi connectivity index (χ1n) is 6.34. The van der Waals surface area contributed by atoms with Crippen LogP contribution in [0.1, 0.15) is 11.1 Å². The highest BCUT2D eigenvalue weighted by Crippen LogP contribution is 2.31. The van der Waals surface area contributed by atoms with Crippen LogP contribution < -0.4 is 0 Å². The molecule has 0 amide bonds. The van der Waals surface area contributed by atoms with E-state index in [2.05, 4.69) is 0 Å². The molecular weight excluding hydrogens is 441 g/mol. The SMILES string of the molecule is O=C(OCc1c(Cl)cc(Cl)cc1Cl)OCc1c(Cl)cc(Cl)cc1Cl. The summed E-state index contributed by atoms with van der Waals surface area (Å²) in [6.45, 7) is -0.342. The molecule has 0 bridgehead atoms. The molecule has 0 aliphatic carbocycles. The lowest BCUT2D eigenvalue weighted by atomic mass is 10.2. The van der Waals surface area contributed by atoms with Gasteiger partial charge in [-0.15, -0.1) is 0 Å². The van der Waals surface area contributed by atoms with Gasteiger partial charge in [0.05, 0.1) is 20.1 Å². The molecule has 128 valence electrons. The third-order valence-electron chi connectivity index (χ3n) is 2.88. The highest BCUT2D eigenvalue weighted by atomic mass is 35.5. The van der Waals surface area contributed by atoms with E-state index in [0.29, 0.717) is 21.2 Å². The van der Waals surface area contributed by atoms with E-state index in [1.807, 2.05) is 0 Å². The second-order valence-electron chi connectivity index (χ2n) is 4.52. The summed E-state index contributed by atoms with van der Waals surface area (Å²) in [7, 11) is 0. The second-order valence-corrected chi connectivity index (χ2v) is 7.02. The van der Waals surface area contributed by atoms with Crippen LogP contribution in [-0.4, -0.2) is 6.16 Å². The van der Waals surface area contributed by atoms with Gasteiger partial charge in [-0.2, -0.15) is 0 Å². The molecule has 0 atom stereocenters. The average molecular weight is 449 g/mol. The number of hydrogen-bond donors (Lipinski definition) is 0. The summed E-state index contributed by atoms with van der Waals surface area (Å²) in [6.07, 6.45) is -0.931. The summed E-state index contributed by atoms with van der Waals surface area (Å²) in [6, 6.07) is 5.97. The van der Waals surface area contributed by atoms with Gasteiger partial charge in [0, 0.05) is 21.2 Å². The smallest absolute Gasteiger partial charge is 0.429 e. The Morgan fingerprint density at radius 3 is 1.25 bits per heavy atom. The van der Waals surface area contributed by atoms with Crippen molar-refractivity contribution in [1.82, 2.24) is 0 Å². The molecule has 0 saturated heterocycles. The zero-order valence-corrected chi connectivity index (χ0v) is 16.3. The van der Waals surface area contributed by atoms with Gasteiger partial charge in [0.2, 0.25) is 0 Å². The predicted molar refractivity (Wildman–Crippen MR) is 97.9 cm³/mol. The van der Waals surface area contributed by atoms with Crippen molar-refractivity contribution in [3.8, 4) is 0 Å². The molecule has 0 aliphatic heterocycles. The molecule has 3 nitrogen and oxygen atoms in total. The van der Waals surface area contributed by atoms with Crippen LogP contribution in [0.3, 0.4) is 0 Å². The number of hydrogen-bond acceptors (Lipinski definition) is 3. The summed E-state index contributed by atoms with van der Waals surface area (Å²) in [4.78, 5) is 11.7. The van der Waals surface area contributed by atoms with Gasteiger partial charge in [0.25, 0.3) is 0 Å². The minimum absolute atomic E-state index is 0.171. The number of carbonyl (C=O) groups is 1. The van der Waals surface area contributed by atoms with Crippen molar-refractivity contribution in [1.29, 1.82) is 0 Å². The van der Waals surface area contributed by atoms with Gasteiger partial charge in [-0.1, -0.05) is 69.6 Å². The molecule has 0 unspecified atom stereocenters. The summed E-state index contributed by atoms with van der Waals surface area (Å²) in [5.41, 5.74) is 0.837. The van der Waals surface area contributed by atoms with E-state index in [0.717, 1.165) is 0 Å². The van der Waals surface area contributed by atoms with E-state index in [9.17, 15) is 4.79 Å². The molecule has 0 aliphatic rings. The van der Waals surface area contributed by atoms with Crippen LogP contribution in [0.15, 0.2) is 24.3 Å². The normalized spacial score (nSPS) is 10.6. The van der Waals surface area contributed by atoms with Gasteiger partial charge in [0.1, 0.15) is 13.2 Å². The van der Waals surface area contributed by atoms with Crippen LogP contribution in [0.5, 0.6) is 0 Å². The summed E-state index contributed by atoms with van der Waals surface area (Å²) < 4.78 is 9.94. The fourth-order valence-corrected chi connectivity index (χ4v) is 3.58. The second kappa shape index (κ2) is 8.70. The lowest BCUT2D eigenvalue weighted by molar-refractivity contribution is 0.0447. The molecule has 0 radical (unpaired) electrons. The molecule has 0 spiro atoms. The van der Waals surface area contributed by atoms with Crippen LogP contribution in [0.4, 0.5) is 4.79 Å². The molecule has 0 heterocycles. The Labute approximate surface area is 168 Å². The largest absolute Gasteiger partial charge is 0.508 e. The lowest BCUT2D eigenvalue weighted by Crippen LogP contribution is -2.08. The number of benzene rings is 2. The maximum atomic E-state index is 11.7. The zero-order chi connectivity index (χ0) is 17.9. The molecule has 2 rings (SSSR count). The van der Waals surface area contributed by atoms with Gasteiger partial charge < -0.3 is 9.47 Å². The van der Waals surface area contributed by atoms with Gasteiger partial charge in [-0.25, -0.2) is 4.79 Å². The fourth-order valence-electron chi connectivity index (χ4n) is 1.72. The van der Waals surface area contributed by atoms with Crippen molar-refractivity contribution in [3.05, 3.63) is 65.5 Å². The number of halogens is 6. The Morgan fingerprint density at radius 1 is 0.667 bits per heavy atom. The maximum Gasteiger partial charge on any atom is 0.508 e. The van der Waals surface area contributed by atoms with Crippen molar-refractivity contribution in [3.63, 3.8) is 0 Å². The fraction of sp³-hybridized carbons (Fsp3) is 0.133. The topological polar surface area (TPSA) is 35.5 Å². The van der Waals surface area contributed by atoms with Gasteiger partial charge in [-0.05, 0) is 24.3 Å². The van der Waals surface area contributed by atoms with Crippen molar-refractivity contribution in [2.45, 2.75) is 13.2 Å². The minimum Gasteiger partial charge on any atom is -0.429 e. The summed E-state index contributed by atoms with van der Waals surface area (Å²) >= 11 is 35.6. The van der Waals surface area contributed by atoms with Gasteiger partial charge >= 0.3 is 6.16 Å². The first-order valence-corrected chi connectivity index (χ1v) is 8.61. The van der Waals surface area contributed by atoms with E-state index < -0.39 is 6.16 Å². The van der Waals surface area contributed by atoms with E-state index in [4.69, 9.17) is 79.1 Å². The monoisotopic (exact) mass is 446 g/mol. The summed E-state index contributed by atoms with van der Waals surface area (Å²) in [5.74, 6) is 0. The first kappa shape index (κ1) is 19.8. The van der Waals surface area contributed by atoms with Gasteiger partial charge in [0.15, 0.2) is 0 Å². The molecule has 0 fully saturated rings. The van der Waals surface area contributed by atoms with Crippen LogP contribution in [0.2, 0.25) is 30.1 Å².